The van der Waals surface area contributed by atoms with Crippen LogP contribution in [0.3, 0.4) is 0 Å². The molecule has 0 aliphatic heterocycles. The smallest absolute Gasteiger partial charge is 0.336 e. The van der Waals surface area contributed by atoms with Gasteiger partial charge < -0.3 is 10.2 Å². The van der Waals surface area contributed by atoms with E-state index in [1.807, 2.05) is 36.4 Å². The van der Waals surface area contributed by atoms with E-state index in [-0.39, 0.29) is 5.56 Å². The van der Waals surface area contributed by atoms with Gasteiger partial charge in [0.05, 0.1) is 5.56 Å². The average Bonchev–Trinajstić information content (AvgIpc) is 2.48. The lowest BCUT2D eigenvalue weighted by molar-refractivity contribution is 0.0643. The summed E-state index contributed by atoms with van der Waals surface area (Å²) in [6.07, 6.45) is 4.20. The normalized spacial score (nSPS) is 20.4. The van der Waals surface area contributed by atoms with Crippen LogP contribution in [0.4, 0.5) is 0 Å². The maximum atomic E-state index is 11.4. The molecule has 0 amide bonds. The van der Waals surface area contributed by atoms with Crippen LogP contribution in [-0.2, 0) is 5.60 Å². The molecule has 1 aliphatic carbocycles. The molecule has 1 aliphatic rings. The Morgan fingerprint density at radius 2 is 1.65 bits per heavy atom. The molecule has 0 fully saturated rings. The van der Waals surface area contributed by atoms with E-state index in [2.05, 4.69) is 0 Å². The molecule has 3 rings (SSSR count). The summed E-state index contributed by atoms with van der Waals surface area (Å²) in [5, 5.41) is 20.4. The van der Waals surface area contributed by atoms with Gasteiger partial charge in [0.25, 0.3) is 0 Å². The maximum absolute atomic E-state index is 11.4. The van der Waals surface area contributed by atoms with Crippen molar-refractivity contribution < 1.29 is 15.0 Å². The molecule has 2 aromatic rings. The van der Waals surface area contributed by atoms with E-state index in [0.717, 1.165) is 11.1 Å². The van der Waals surface area contributed by atoms with E-state index in [9.17, 15) is 15.0 Å². The fourth-order valence-electron chi connectivity index (χ4n) is 2.77. The van der Waals surface area contributed by atoms with Crippen LogP contribution in [0.5, 0.6) is 0 Å². The van der Waals surface area contributed by atoms with Crippen molar-refractivity contribution in [1.82, 2.24) is 0 Å². The average molecular weight is 266 g/mol. The number of aromatic carboxylic acids is 1. The van der Waals surface area contributed by atoms with Crippen LogP contribution in [0, 0.1) is 0 Å². The van der Waals surface area contributed by atoms with Crippen LogP contribution in [0.1, 0.15) is 33.5 Å². The molecule has 0 saturated heterocycles. The summed E-state index contributed by atoms with van der Waals surface area (Å²) in [5.41, 5.74) is 0.947. The second-order valence-electron chi connectivity index (χ2n) is 4.90. The van der Waals surface area contributed by atoms with Gasteiger partial charge in [0, 0.05) is 12.0 Å². The number of fused-ring (bicyclic) bond motifs is 1. The van der Waals surface area contributed by atoms with Crippen molar-refractivity contribution in [3.05, 3.63) is 76.9 Å². The van der Waals surface area contributed by atoms with Gasteiger partial charge in [-0.3, -0.25) is 0 Å². The summed E-state index contributed by atoms with van der Waals surface area (Å²) in [4.78, 5) is 11.4. The summed E-state index contributed by atoms with van der Waals surface area (Å²) in [6.45, 7) is 0. The van der Waals surface area contributed by atoms with Crippen molar-refractivity contribution in [1.29, 1.82) is 0 Å². The molecule has 3 nitrogen and oxygen atoms in total. The lowest BCUT2D eigenvalue weighted by atomic mass is 9.76. The molecule has 100 valence electrons. The zero-order valence-electron chi connectivity index (χ0n) is 10.8. The van der Waals surface area contributed by atoms with E-state index in [0.29, 0.717) is 12.0 Å². The minimum absolute atomic E-state index is 0.139. The van der Waals surface area contributed by atoms with Gasteiger partial charge in [-0.25, -0.2) is 4.79 Å². The number of hydrogen-bond donors (Lipinski definition) is 2. The second-order valence-corrected chi connectivity index (χ2v) is 4.90. The highest BCUT2D eigenvalue weighted by atomic mass is 16.4. The highest BCUT2D eigenvalue weighted by Crippen LogP contribution is 2.40. The van der Waals surface area contributed by atoms with Crippen molar-refractivity contribution in [2.24, 2.45) is 0 Å². The highest BCUT2D eigenvalue weighted by Gasteiger charge is 2.36. The first-order valence-corrected chi connectivity index (χ1v) is 6.44. The predicted molar refractivity (Wildman–Crippen MR) is 76.5 cm³/mol. The molecule has 2 N–H and O–H groups in total. The van der Waals surface area contributed by atoms with E-state index in [1.54, 1.807) is 18.2 Å². The number of carboxylic acids is 1. The minimum Gasteiger partial charge on any atom is -0.478 e. The molecule has 0 spiro atoms. The Hall–Kier alpha value is -2.39. The molecule has 1 atom stereocenters. The number of carbonyl (C=O) groups is 1. The molecule has 0 unspecified atom stereocenters. The molecule has 2 aromatic carbocycles. The maximum Gasteiger partial charge on any atom is 0.336 e. The van der Waals surface area contributed by atoms with Crippen molar-refractivity contribution >= 4 is 12.0 Å². The Balaban J connectivity index is 2.24. The monoisotopic (exact) mass is 266 g/mol. The standard InChI is InChI=1S/C17H14O3/c18-16(19)13-8-2-4-10-15(13)17(20)11-5-7-12-6-1-3-9-14(12)17/h1-10,20H,11H2,(H,18,19)/t17-/m1/s1. The first kappa shape index (κ1) is 12.6. The number of benzene rings is 2. The van der Waals surface area contributed by atoms with Crippen LogP contribution in [0.25, 0.3) is 6.08 Å². The fourth-order valence-corrected chi connectivity index (χ4v) is 2.77. The largest absolute Gasteiger partial charge is 0.478 e. The first-order chi connectivity index (χ1) is 9.63. The molecule has 20 heavy (non-hydrogen) atoms. The topological polar surface area (TPSA) is 57.5 Å². The van der Waals surface area contributed by atoms with Crippen molar-refractivity contribution in [3.63, 3.8) is 0 Å². The van der Waals surface area contributed by atoms with Crippen molar-refractivity contribution in [2.45, 2.75) is 12.0 Å². The van der Waals surface area contributed by atoms with Gasteiger partial charge in [-0.15, -0.1) is 0 Å². The quantitative estimate of drug-likeness (QED) is 0.878. The highest BCUT2D eigenvalue weighted by molar-refractivity contribution is 5.90. The van der Waals surface area contributed by atoms with E-state index in [1.165, 1.54) is 6.07 Å². The van der Waals surface area contributed by atoms with Crippen LogP contribution >= 0.6 is 0 Å². The van der Waals surface area contributed by atoms with Crippen molar-refractivity contribution in [3.8, 4) is 0 Å². The Morgan fingerprint density at radius 3 is 2.40 bits per heavy atom. The van der Waals surface area contributed by atoms with Gasteiger partial charge >= 0.3 is 5.97 Å². The van der Waals surface area contributed by atoms with Gasteiger partial charge in [0.2, 0.25) is 0 Å². The van der Waals surface area contributed by atoms with Crippen LogP contribution < -0.4 is 0 Å². The summed E-state index contributed by atoms with van der Waals surface area (Å²) in [7, 11) is 0. The third-order valence-electron chi connectivity index (χ3n) is 3.72. The summed E-state index contributed by atoms with van der Waals surface area (Å²) in [5.74, 6) is -1.03. The Kier molecular flexibility index (Phi) is 2.92. The lowest BCUT2D eigenvalue weighted by Gasteiger charge is -2.33. The number of aliphatic hydroxyl groups is 1. The minimum atomic E-state index is -1.29. The van der Waals surface area contributed by atoms with E-state index >= 15 is 0 Å². The Bertz CT molecular complexity index is 703. The van der Waals surface area contributed by atoms with Crippen LogP contribution in [-0.4, -0.2) is 16.2 Å². The van der Waals surface area contributed by atoms with Crippen molar-refractivity contribution in [2.75, 3.05) is 0 Å². The molecular weight excluding hydrogens is 252 g/mol. The van der Waals surface area contributed by atoms with Gasteiger partial charge in [-0.2, -0.15) is 0 Å². The molecule has 0 saturated carbocycles. The lowest BCUT2D eigenvalue weighted by Crippen LogP contribution is -2.31. The second kappa shape index (κ2) is 4.62. The van der Waals surface area contributed by atoms with Gasteiger partial charge in [0.15, 0.2) is 0 Å². The Morgan fingerprint density at radius 1 is 1.00 bits per heavy atom. The third kappa shape index (κ3) is 1.84. The van der Waals surface area contributed by atoms with Crippen LogP contribution in [0.2, 0.25) is 0 Å². The fraction of sp³-hybridized carbons (Fsp3) is 0.118. The zero-order chi connectivity index (χ0) is 14.2. The molecule has 0 radical (unpaired) electrons. The van der Waals surface area contributed by atoms with E-state index < -0.39 is 11.6 Å². The zero-order valence-corrected chi connectivity index (χ0v) is 10.8. The summed E-state index contributed by atoms with van der Waals surface area (Å²) in [6, 6.07) is 14.1. The van der Waals surface area contributed by atoms with Gasteiger partial charge in [0.1, 0.15) is 5.60 Å². The molecule has 0 bridgehead atoms. The third-order valence-corrected chi connectivity index (χ3v) is 3.72. The molecular formula is C17H14O3. The van der Waals surface area contributed by atoms with Crippen LogP contribution in [0.15, 0.2) is 54.6 Å². The first-order valence-electron chi connectivity index (χ1n) is 6.44. The SMILES string of the molecule is O=C(O)c1ccccc1[C@@]1(O)CC=Cc2ccccc21. The predicted octanol–water partition coefficient (Wildman–Crippen LogP) is 3.04. The molecule has 0 heterocycles. The molecule has 0 aromatic heterocycles. The molecule has 3 heteroatoms. The Labute approximate surface area is 116 Å². The summed E-state index contributed by atoms with van der Waals surface area (Å²) >= 11 is 0. The number of hydrogen-bond acceptors (Lipinski definition) is 2. The number of carboxylic acid groups (broad SMARTS) is 1. The van der Waals surface area contributed by atoms with E-state index in [4.69, 9.17) is 0 Å². The van der Waals surface area contributed by atoms with Gasteiger partial charge in [-0.05, 0) is 17.2 Å². The van der Waals surface area contributed by atoms with Gasteiger partial charge in [-0.1, -0.05) is 54.6 Å². The summed E-state index contributed by atoms with van der Waals surface area (Å²) < 4.78 is 0. The number of rotatable bonds is 2.